The van der Waals surface area contributed by atoms with Crippen molar-refractivity contribution in [2.45, 2.75) is 13.8 Å². The molecule has 0 fully saturated rings. The summed E-state index contributed by atoms with van der Waals surface area (Å²) in [5.41, 5.74) is 0.984. The first kappa shape index (κ1) is 13.5. The van der Waals surface area contributed by atoms with Crippen LogP contribution in [0.25, 0.3) is 6.08 Å². The van der Waals surface area contributed by atoms with Gasteiger partial charge in [-0.15, -0.1) is 0 Å². The van der Waals surface area contributed by atoms with Gasteiger partial charge >= 0.3 is 11.9 Å². The minimum Gasteiger partial charge on any atom is -0.426 e. The fraction of sp³-hybridized carbons (Fsp3) is 0.154. The van der Waals surface area contributed by atoms with E-state index in [1.807, 2.05) is 0 Å². The van der Waals surface area contributed by atoms with E-state index in [1.54, 1.807) is 31.2 Å². The Morgan fingerprint density at radius 3 is 2.74 bits per heavy atom. The zero-order chi connectivity index (χ0) is 14.0. The second-order valence-corrected chi connectivity index (χ2v) is 4.69. The highest BCUT2D eigenvalue weighted by Gasteiger charge is 2.19. The van der Waals surface area contributed by atoms with Crippen LogP contribution >= 0.6 is 15.9 Å². The van der Waals surface area contributed by atoms with Gasteiger partial charge in [-0.3, -0.25) is 4.79 Å². The van der Waals surface area contributed by atoms with Crippen LogP contribution in [-0.2, 0) is 14.3 Å². The molecule has 0 bridgehead atoms. The van der Waals surface area contributed by atoms with Crippen LogP contribution in [0.5, 0.6) is 5.75 Å². The van der Waals surface area contributed by atoms with Crippen LogP contribution in [-0.4, -0.2) is 17.8 Å². The van der Waals surface area contributed by atoms with E-state index in [0.29, 0.717) is 16.1 Å². The van der Waals surface area contributed by atoms with Crippen LogP contribution in [0, 0.1) is 0 Å². The van der Waals surface area contributed by atoms with E-state index < -0.39 is 11.9 Å². The summed E-state index contributed by atoms with van der Waals surface area (Å²) in [6.45, 7) is 2.94. The Kier molecular flexibility index (Phi) is 3.80. The van der Waals surface area contributed by atoms with Crippen LogP contribution in [0.2, 0.25) is 0 Å². The number of nitrogens with zero attached hydrogens (tertiary/aromatic N) is 1. The number of halogens is 1. The highest BCUT2D eigenvalue weighted by Crippen LogP contribution is 2.27. The number of esters is 2. The van der Waals surface area contributed by atoms with Crippen LogP contribution in [0.15, 0.2) is 33.4 Å². The molecule has 5 nitrogen and oxygen atoms in total. The highest BCUT2D eigenvalue weighted by atomic mass is 79.9. The molecule has 0 unspecified atom stereocenters. The Morgan fingerprint density at radius 2 is 2.21 bits per heavy atom. The minimum absolute atomic E-state index is 0.240. The van der Waals surface area contributed by atoms with Crippen LogP contribution in [0.3, 0.4) is 0 Å². The van der Waals surface area contributed by atoms with Crippen molar-refractivity contribution in [2.75, 3.05) is 0 Å². The van der Waals surface area contributed by atoms with Gasteiger partial charge in [-0.1, -0.05) is 6.07 Å². The van der Waals surface area contributed by atoms with Gasteiger partial charge in [0.15, 0.2) is 11.6 Å². The smallest absolute Gasteiger partial charge is 0.363 e. The molecular weight excluding hydrogens is 314 g/mol. The summed E-state index contributed by atoms with van der Waals surface area (Å²) in [5.74, 6) is -0.126. The number of ether oxygens (including phenoxy) is 2. The van der Waals surface area contributed by atoms with Crippen LogP contribution in [0.4, 0.5) is 0 Å². The summed E-state index contributed by atoms with van der Waals surface area (Å²) in [5, 5.41) is 0. The third-order valence-electron chi connectivity index (χ3n) is 2.24. The van der Waals surface area contributed by atoms with Gasteiger partial charge in [0.2, 0.25) is 0 Å². The van der Waals surface area contributed by atoms with Crippen molar-refractivity contribution in [1.29, 1.82) is 0 Å². The molecule has 0 atom stereocenters. The summed E-state index contributed by atoms with van der Waals surface area (Å²) in [6, 6.07) is 5.07. The maximum atomic E-state index is 11.4. The van der Waals surface area contributed by atoms with Crippen molar-refractivity contribution in [3.63, 3.8) is 0 Å². The molecule has 98 valence electrons. The molecule has 6 heteroatoms. The monoisotopic (exact) mass is 323 g/mol. The standard InChI is InChI=1S/C13H10BrNO4/c1-7-15-11(13(17)18-7)6-9-3-4-12(10(14)5-9)19-8(2)16/h3-6H,1-2H3/b11-6-. The molecule has 0 aromatic heterocycles. The fourth-order valence-corrected chi connectivity index (χ4v) is 2.00. The quantitative estimate of drug-likeness (QED) is 0.477. The summed E-state index contributed by atoms with van der Waals surface area (Å²) < 4.78 is 10.4. The zero-order valence-corrected chi connectivity index (χ0v) is 11.9. The number of rotatable bonds is 2. The topological polar surface area (TPSA) is 65.0 Å². The number of hydrogen-bond donors (Lipinski definition) is 0. The SMILES string of the molecule is CC(=O)Oc1ccc(/C=C2\N=C(C)OC2=O)cc1Br. The van der Waals surface area contributed by atoms with Crippen molar-refractivity contribution >= 4 is 39.8 Å². The van der Waals surface area contributed by atoms with Crippen LogP contribution in [0.1, 0.15) is 19.4 Å². The van der Waals surface area contributed by atoms with E-state index in [-0.39, 0.29) is 5.70 Å². The van der Waals surface area contributed by atoms with Crippen molar-refractivity contribution in [3.8, 4) is 5.75 Å². The highest BCUT2D eigenvalue weighted by molar-refractivity contribution is 9.10. The van der Waals surface area contributed by atoms with Gasteiger partial charge in [0.05, 0.1) is 4.47 Å². The van der Waals surface area contributed by atoms with Gasteiger partial charge in [0.25, 0.3) is 0 Å². The van der Waals surface area contributed by atoms with Gasteiger partial charge in [-0.25, -0.2) is 9.79 Å². The molecule has 1 aromatic carbocycles. The Bertz CT molecular complexity index is 619. The molecule has 0 amide bonds. The number of cyclic esters (lactones) is 1. The van der Waals surface area contributed by atoms with E-state index in [0.717, 1.165) is 5.56 Å². The van der Waals surface area contributed by atoms with E-state index in [1.165, 1.54) is 6.92 Å². The summed E-state index contributed by atoms with van der Waals surface area (Å²) >= 11 is 3.29. The maximum absolute atomic E-state index is 11.4. The Labute approximate surface area is 118 Å². The van der Waals surface area contributed by atoms with E-state index >= 15 is 0 Å². The van der Waals surface area contributed by atoms with Gasteiger partial charge in [-0.2, -0.15) is 0 Å². The number of carbonyl (C=O) groups is 2. The van der Waals surface area contributed by atoms with Gasteiger partial charge < -0.3 is 9.47 Å². The van der Waals surface area contributed by atoms with Crippen molar-refractivity contribution in [1.82, 2.24) is 0 Å². The Hall–Kier alpha value is -1.95. The average molecular weight is 324 g/mol. The summed E-state index contributed by atoms with van der Waals surface area (Å²) in [4.78, 5) is 26.2. The molecule has 1 aliphatic rings. The number of carbonyl (C=O) groups excluding carboxylic acids is 2. The van der Waals surface area contributed by atoms with Crippen molar-refractivity contribution in [3.05, 3.63) is 33.9 Å². The molecule has 1 heterocycles. The largest absolute Gasteiger partial charge is 0.426 e. The first-order chi connectivity index (χ1) is 8.95. The third kappa shape index (κ3) is 3.29. The van der Waals surface area contributed by atoms with E-state index in [9.17, 15) is 9.59 Å². The molecule has 1 aliphatic heterocycles. The predicted molar refractivity (Wildman–Crippen MR) is 72.6 cm³/mol. The number of hydrogen-bond acceptors (Lipinski definition) is 5. The van der Waals surface area contributed by atoms with Crippen molar-refractivity contribution in [2.24, 2.45) is 4.99 Å². The minimum atomic E-state index is -0.474. The molecule has 2 rings (SSSR count). The molecule has 19 heavy (non-hydrogen) atoms. The summed E-state index contributed by atoms with van der Waals surface area (Å²) in [7, 11) is 0. The lowest BCUT2D eigenvalue weighted by Crippen LogP contribution is -2.02. The molecular formula is C13H10BrNO4. The van der Waals surface area contributed by atoms with Gasteiger partial charge in [0, 0.05) is 13.8 Å². The predicted octanol–water partition coefficient (Wildman–Crippen LogP) is 2.69. The zero-order valence-electron chi connectivity index (χ0n) is 10.3. The lowest BCUT2D eigenvalue weighted by molar-refractivity contribution is -0.132. The second kappa shape index (κ2) is 5.36. The van der Waals surface area contributed by atoms with Gasteiger partial charge in [-0.05, 0) is 39.7 Å². The number of aliphatic imine (C=N–C) groups is 1. The first-order valence-electron chi connectivity index (χ1n) is 5.43. The molecule has 0 spiro atoms. The molecule has 0 radical (unpaired) electrons. The molecule has 0 saturated carbocycles. The summed E-state index contributed by atoms with van der Waals surface area (Å²) in [6.07, 6.45) is 1.60. The molecule has 0 N–H and O–H groups in total. The van der Waals surface area contributed by atoms with Crippen LogP contribution < -0.4 is 4.74 Å². The number of benzene rings is 1. The molecule has 0 saturated heterocycles. The normalized spacial score (nSPS) is 16.3. The maximum Gasteiger partial charge on any atom is 0.363 e. The second-order valence-electron chi connectivity index (χ2n) is 3.83. The fourth-order valence-electron chi connectivity index (χ4n) is 1.52. The van der Waals surface area contributed by atoms with Gasteiger partial charge in [0.1, 0.15) is 5.75 Å². The lowest BCUT2D eigenvalue weighted by Gasteiger charge is -2.04. The van der Waals surface area contributed by atoms with E-state index in [4.69, 9.17) is 9.47 Å². The Balaban J connectivity index is 2.28. The Morgan fingerprint density at radius 1 is 1.47 bits per heavy atom. The molecule has 0 aliphatic carbocycles. The first-order valence-corrected chi connectivity index (χ1v) is 6.22. The third-order valence-corrected chi connectivity index (χ3v) is 2.86. The van der Waals surface area contributed by atoms with Crippen molar-refractivity contribution < 1.29 is 19.1 Å². The van der Waals surface area contributed by atoms with E-state index in [2.05, 4.69) is 20.9 Å². The average Bonchev–Trinajstić information content (AvgIpc) is 2.61. The molecule has 1 aromatic rings. The lowest BCUT2D eigenvalue weighted by atomic mass is 10.2.